The number of nitrogens with one attached hydrogen (secondary N) is 2. The predicted molar refractivity (Wildman–Crippen MR) is 117 cm³/mol. The molecule has 6 nitrogen and oxygen atoms in total. The monoisotopic (exact) mass is 406 g/mol. The Labute approximate surface area is 173 Å². The largest absolute Gasteiger partial charge is 0.326 e. The van der Waals surface area contributed by atoms with Crippen molar-refractivity contribution < 1.29 is 9.59 Å². The second-order valence-corrected chi connectivity index (χ2v) is 7.35. The van der Waals surface area contributed by atoms with Gasteiger partial charge in [0, 0.05) is 23.6 Å². The van der Waals surface area contributed by atoms with Crippen LogP contribution in [0.25, 0.3) is 10.6 Å². The summed E-state index contributed by atoms with van der Waals surface area (Å²) in [6.45, 7) is 5.35. The van der Waals surface area contributed by atoms with Crippen molar-refractivity contribution in [1.82, 2.24) is 10.4 Å². The normalized spacial score (nSPS) is 11.2. The molecule has 0 spiro atoms. The van der Waals surface area contributed by atoms with Crippen molar-refractivity contribution >= 4 is 34.6 Å². The van der Waals surface area contributed by atoms with Gasteiger partial charge in [0.15, 0.2) is 0 Å². The maximum atomic E-state index is 12.4. The Balaban J connectivity index is 1.68. The Kier molecular flexibility index (Phi) is 6.51. The summed E-state index contributed by atoms with van der Waals surface area (Å²) in [4.78, 5) is 28.0. The van der Waals surface area contributed by atoms with E-state index in [1.807, 2.05) is 24.3 Å². The molecular formula is C22H22N4O2S. The molecule has 0 aliphatic rings. The van der Waals surface area contributed by atoms with Crippen LogP contribution < -0.4 is 10.7 Å². The van der Waals surface area contributed by atoms with E-state index in [4.69, 9.17) is 0 Å². The van der Waals surface area contributed by atoms with E-state index >= 15 is 0 Å². The van der Waals surface area contributed by atoms with Gasteiger partial charge in [0.25, 0.3) is 5.91 Å². The molecule has 0 aliphatic carbocycles. The first-order valence-electron chi connectivity index (χ1n) is 9.23. The zero-order valence-electron chi connectivity index (χ0n) is 16.5. The lowest BCUT2D eigenvalue weighted by Crippen LogP contribution is -2.19. The Bertz CT molecular complexity index is 1050. The van der Waals surface area contributed by atoms with Gasteiger partial charge in [-0.15, -0.1) is 11.3 Å². The molecule has 148 valence electrons. The average molecular weight is 407 g/mol. The van der Waals surface area contributed by atoms with E-state index in [1.165, 1.54) is 23.8 Å². The quantitative estimate of drug-likeness (QED) is 0.467. The average Bonchev–Trinajstić information content (AvgIpc) is 3.22. The van der Waals surface area contributed by atoms with E-state index in [0.717, 1.165) is 22.6 Å². The fourth-order valence-corrected chi connectivity index (χ4v) is 3.48. The predicted octanol–water partition coefficient (Wildman–Crippen LogP) is 4.48. The van der Waals surface area contributed by atoms with Crippen LogP contribution in [-0.4, -0.2) is 22.5 Å². The molecule has 0 bridgehead atoms. The van der Waals surface area contributed by atoms with Crippen molar-refractivity contribution in [1.29, 1.82) is 0 Å². The number of anilines is 1. The molecule has 0 fully saturated rings. The fourth-order valence-electron chi connectivity index (χ4n) is 2.68. The number of thiazole rings is 1. The summed E-state index contributed by atoms with van der Waals surface area (Å²) < 4.78 is 0. The van der Waals surface area contributed by atoms with Gasteiger partial charge in [0.05, 0.1) is 5.71 Å². The van der Waals surface area contributed by atoms with Crippen LogP contribution in [0.4, 0.5) is 5.69 Å². The van der Waals surface area contributed by atoms with Gasteiger partial charge in [0.1, 0.15) is 10.7 Å². The number of carbonyl (C=O) groups is 2. The number of carbonyl (C=O) groups excluding carboxylic acids is 2. The second-order valence-electron chi connectivity index (χ2n) is 6.49. The molecule has 0 aliphatic heterocycles. The zero-order valence-corrected chi connectivity index (χ0v) is 17.3. The molecule has 0 radical (unpaired) electrons. The van der Waals surface area contributed by atoms with Crippen LogP contribution in [0.5, 0.6) is 0 Å². The van der Waals surface area contributed by atoms with Gasteiger partial charge in [-0.1, -0.05) is 43.3 Å². The number of hydrogen-bond donors (Lipinski definition) is 2. The Hall–Kier alpha value is -3.32. The van der Waals surface area contributed by atoms with Gasteiger partial charge >= 0.3 is 0 Å². The van der Waals surface area contributed by atoms with Crippen LogP contribution in [0.3, 0.4) is 0 Å². The Morgan fingerprint density at radius 1 is 1.10 bits per heavy atom. The summed E-state index contributed by atoms with van der Waals surface area (Å²) >= 11 is 1.42. The van der Waals surface area contributed by atoms with E-state index in [1.54, 1.807) is 24.4 Å². The van der Waals surface area contributed by atoms with E-state index in [0.29, 0.717) is 17.1 Å². The number of benzene rings is 2. The highest BCUT2D eigenvalue weighted by atomic mass is 32.1. The molecule has 1 heterocycles. The van der Waals surface area contributed by atoms with Crippen molar-refractivity contribution in [3.63, 3.8) is 0 Å². The molecular weight excluding hydrogens is 384 g/mol. The molecule has 3 aromatic rings. The maximum Gasteiger partial charge on any atom is 0.290 e. The summed E-state index contributed by atoms with van der Waals surface area (Å²) in [5.41, 5.74) is 7.21. The minimum atomic E-state index is -0.366. The lowest BCUT2D eigenvalue weighted by molar-refractivity contribution is -0.114. The van der Waals surface area contributed by atoms with Gasteiger partial charge in [-0.25, -0.2) is 10.4 Å². The molecule has 0 saturated carbocycles. The third-order valence-electron chi connectivity index (χ3n) is 4.27. The summed E-state index contributed by atoms with van der Waals surface area (Å²) in [6, 6.07) is 15.4. The minimum Gasteiger partial charge on any atom is -0.326 e. The van der Waals surface area contributed by atoms with Crippen LogP contribution in [-0.2, 0) is 11.2 Å². The molecule has 0 saturated heterocycles. The SMILES string of the molecule is CCc1ccc(-c2nc(C(=O)N/N=C(/C)c3cccc(NC(C)=O)c3)cs2)cc1. The summed E-state index contributed by atoms with van der Waals surface area (Å²) in [6.07, 6.45) is 0.983. The lowest BCUT2D eigenvalue weighted by Gasteiger charge is -2.06. The fraction of sp³-hybridized carbons (Fsp3) is 0.182. The smallest absolute Gasteiger partial charge is 0.290 e. The maximum absolute atomic E-state index is 12.4. The van der Waals surface area contributed by atoms with Gasteiger partial charge < -0.3 is 5.32 Å². The molecule has 2 N–H and O–H groups in total. The third-order valence-corrected chi connectivity index (χ3v) is 5.16. The molecule has 0 atom stereocenters. The first-order valence-corrected chi connectivity index (χ1v) is 10.1. The Morgan fingerprint density at radius 3 is 2.55 bits per heavy atom. The van der Waals surface area contributed by atoms with Crippen LogP contribution in [0.2, 0.25) is 0 Å². The first kappa shape index (κ1) is 20.4. The van der Waals surface area contributed by atoms with Crippen LogP contribution in [0.15, 0.2) is 59.0 Å². The van der Waals surface area contributed by atoms with Gasteiger partial charge in [-0.2, -0.15) is 5.10 Å². The topological polar surface area (TPSA) is 83.4 Å². The second kappa shape index (κ2) is 9.25. The van der Waals surface area contributed by atoms with Crippen molar-refractivity contribution in [2.45, 2.75) is 27.2 Å². The molecule has 0 unspecified atom stereocenters. The summed E-state index contributed by atoms with van der Waals surface area (Å²) in [5, 5.41) is 9.41. The number of aryl methyl sites for hydroxylation is 1. The molecule has 29 heavy (non-hydrogen) atoms. The molecule has 2 amide bonds. The highest BCUT2D eigenvalue weighted by molar-refractivity contribution is 7.13. The summed E-state index contributed by atoms with van der Waals surface area (Å²) in [5.74, 6) is -0.510. The van der Waals surface area contributed by atoms with E-state index in [9.17, 15) is 9.59 Å². The third kappa shape index (κ3) is 5.36. The van der Waals surface area contributed by atoms with E-state index in [2.05, 4.69) is 39.9 Å². The summed E-state index contributed by atoms with van der Waals surface area (Å²) in [7, 11) is 0. The first-order chi connectivity index (χ1) is 14.0. The minimum absolute atomic E-state index is 0.145. The Morgan fingerprint density at radius 2 is 1.86 bits per heavy atom. The highest BCUT2D eigenvalue weighted by Gasteiger charge is 2.12. The van der Waals surface area contributed by atoms with Crippen LogP contribution in [0.1, 0.15) is 42.4 Å². The standard InChI is InChI=1S/C22H22N4O2S/c1-4-16-8-10-17(11-9-16)22-24-20(13-29-22)21(28)26-25-14(2)18-6-5-7-19(12-18)23-15(3)27/h5-13H,4H2,1-3H3,(H,23,27)(H,26,28)/b25-14-. The van der Waals surface area contributed by atoms with Crippen molar-refractivity contribution in [2.75, 3.05) is 5.32 Å². The highest BCUT2D eigenvalue weighted by Crippen LogP contribution is 2.24. The molecule has 7 heteroatoms. The van der Waals surface area contributed by atoms with Gasteiger partial charge in [-0.3, -0.25) is 9.59 Å². The van der Waals surface area contributed by atoms with Crippen LogP contribution >= 0.6 is 11.3 Å². The molecule has 2 aromatic carbocycles. The molecule has 1 aromatic heterocycles. The zero-order chi connectivity index (χ0) is 20.8. The molecule has 3 rings (SSSR count). The van der Waals surface area contributed by atoms with E-state index in [-0.39, 0.29) is 11.8 Å². The number of hydrazone groups is 1. The number of nitrogens with zero attached hydrogens (tertiary/aromatic N) is 2. The van der Waals surface area contributed by atoms with Crippen LogP contribution in [0, 0.1) is 0 Å². The van der Waals surface area contributed by atoms with Crippen molar-refractivity contribution in [3.8, 4) is 10.6 Å². The number of hydrogen-bond acceptors (Lipinski definition) is 5. The van der Waals surface area contributed by atoms with Crippen molar-refractivity contribution in [2.24, 2.45) is 5.10 Å². The van der Waals surface area contributed by atoms with Gasteiger partial charge in [-0.05, 0) is 36.6 Å². The number of rotatable bonds is 6. The number of aromatic nitrogens is 1. The van der Waals surface area contributed by atoms with Crippen molar-refractivity contribution in [3.05, 3.63) is 70.7 Å². The van der Waals surface area contributed by atoms with Gasteiger partial charge in [0.2, 0.25) is 5.91 Å². The lowest BCUT2D eigenvalue weighted by atomic mass is 10.1. The number of amides is 2. The van der Waals surface area contributed by atoms with E-state index < -0.39 is 0 Å².